The zero-order valence-corrected chi connectivity index (χ0v) is 16.4. The number of ether oxygens (including phenoxy) is 3. The fourth-order valence-electron chi connectivity index (χ4n) is 3.76. The predicted molar refractivity (Wildman–Crippen MR) is 108 cm³/mol. The molecule has 0 spiro atoms. The molecule has 1 atom stereocenters. The summed E-state index contributed by atoms with van der Waals surface area (Å²) in [5.74, 6) is 1.28. The van der Waals surface area contributed by atoms with Gasteiger partial charge in [-0.1, -0.05) is 6.07 Å². The Bertz CT molecular complexity index is 802. The highest BCUT2D eigenvalue weighted by molar-refractivity contribution is 5.46. The van der Waals surface area contributed by atoms with Gasteiger partial charge < -0.3 is 24.2 Å². The van der Waals surface area contributed by atoms with Gasteiger partial charge >= 0.3 is 0 Å². The van der Waals surface area contributed by atoms with E-state index < -0.39 is 6.10 Å². The van der Waals surface area contributed by atoms with E-state index in [0.29, 0.717) is 13.2 Å². The van der Waals surface area contributed by atoms with Gasteiger partial charge in [-0.2, -0.15) is 0 Å². The van der Waals surface area contributed by atoms with E-state index >= 15 is 0 Å². The minimum Gasteiger partial charge on any atom is -0.454 e. The van der Waals surface area contributed by atoms with Crippen molar-refractivity contribution in [2.75, 3.05) is 51.0 Å². The van der Waals surface area contributed by atoms with E-state index in [2.05, 4.69) is 9.80 Å². The van der Waals surface area contributed by atoms with Gasteiger partial charge in [0.1, 0.15) is 5.82 Å². The summed E-state index contributed by atoms with van der Waals surface area (Å²) in [7, 11) is 0. The van der Waals surface area contributed by atoms with Crippen molar-refractivity contribution in [2.45, 2.75) is 19.1 Å². The van der Waals surface area contributed by atoms with E-state index in [0.717, 1.165) is 55.3 Å². The lowest BCUT2D eigenvalue weighted by molar-refractivity contribution is 0.0109. The third-order valence-electron chi connectivity index (χ3n) is 5.27. The highest BCUT2D eigenvalue weighted by Gasteiger charge is 2.18. The summed E-state index contributed by atoms with van der Waals surface area (Å²) >= 11 is 0. The van der Waals surface area contributed by atoms with Crippen molar-refractivity contribution < 1.29 is 23.7 Å². The van der Waals surface area contributed by atoms with Crippen LogP contribution in [-0.2, 0) is 11.3 Å². The molecule has 2 aromatic rings. The maximum atomic E-state index is 13.1. The third kappa shape index (κ3) is 5.38. The first-order valence-corrected chi connectivity index (χ1v) is 10.0. The maximum absolute atomic E-state index is 13.1. The number of hydrogen-bond acceptors (Lipinski definition) is 6. The lowest BCUT2D eigenvalue weighted by atomic mass is 10.2. The third-order valence-corrected chi connectivity index (χ3v) is 5.27. The highest BCUT2D eigenvalue weighted by Crippen LogP contribution is 2.32. The van der Waals surface area contributed by atoms with Crippen LogP contribution in [0.5, 0.6) is 11.5 Å². The first-order valence-electron chi connectivity index (χ1n) is 10.0. The number of aliphatic hydroxyl groups is 1. The summed E-state index contributed by atoms with van der Waals surface area (Å²) < 4.78 is 29.5. The first kappa shape index (κ1) is 19.9. The van der Waals surface area contributed by atoms with Gasteiger partial charge in [0.15, 0.2) is 11.5 Å². The Morgan fingerprint density at radius 2 is 1.83 bits per heavy atom. The van der Waals surface area contributed by atoms with Gasteiger partial charge in [-0.3, -0.25) is 4.90 Å². The number of aliphatic hydroxyl groups excluding tert-OH is 1. The van der Waals surface area contributed by atoms with Crippen LogP contribution >= 0.6 is 0 Å². The SMILES string of the molecule is OC(COCc1ccc2c(c1)OCO2)CN1CCCN(c2ccc(F)cc2)CC1. The Morgan fingerprint density at radius 1 is 1.00 bits per heavy atom. The molecule has 1 N–H and O–H groups in total. The van der Waals surface area contributed by atoms with Crippen LogP contribution in [0.25, 0.3) is 0 Å². The van der Waals surface area contributed by atoms with Gasteiger partial charge in [-0.05, 0) is 54.9 Å². The molecule has 2 aromatic carbocycles. The minimum absolute atomic E-state index is 0.214. The molecule has 0 saturated carbocycles. The molecule has 0 amide bonds. The molecule has 156 valence electrons. The Hall–Kier alpha value is -2.35. The number of nitrogens with zero attached hydrogens (tertiary/aromatic N) is 2. The fourth-order valence-corrected chi connectivity index (χ4v) is 3.76. The highest BCUT2D eigenvalue weighted by atomic mass is 19.1. The lowest BCUT2D eigenvalue weighted by Crippen LogP contribution is -2.37. The molecule has 0 radical (unpaired) electrons. The lowest BCUT2D eigenvalue weighted by Gasteiger charge is -2.25. The van der Waals surface area contributed by atoms with Crippen molar-refractivity contribution in [3.8, 4) is 11.5 Å². The summed E-state index contributed by atoms with van der Waals surface area (Å²) in [6.07, 6.45) is 0.462. The number of anilines is 1. The molecule has 7 heteroatoms. The van der Waals surface area contributed by atoms with Gasteiger partial charge in [-0.15, -0.1) is 0 Å². The molecule has 1 saturated heterocycles. The first-order chi connectivity index (χ1) is 14.2. The van der Waals surface area contributed by atoms with E-state index in [9.17, 15) is 9.50 Å². The molecule has 0 aliphatic carbocycles. The Labute approximate surface area is 170 Å². The minimum atomic E-state index is -0.540. The molecule has 1 fully saturated rings. The Morgan fingerprint density at radius 3 is 2.69 bits per heavy atom. The van der Waals surface area contributed by atoms with Crippen LogP contribution < -0.4 is 14.4 Å². The number of hydrogen-bond donors (Lipinski definition) is 1. The molecule has 2 aliphatic rings. The van der Waals surface area contributed by atoms with Gasteiger partial charge in [0, 0.05) is 31.9 Å². The van der Waals surface area contributed by atoms with Crippen molar-refractivity contribution in [1.29, 1.82) is 0 Å². The standard InChI is InChI=1S/C22H27FN2O4/c23-18-3-5-19(6-4-18)25-9-1-8-24(10-11-25)13-20(26)15-27-14-17-2-7-21-22(12-17)29-16-28-21/h2-7,12,20,26H,1,8-11,13-16H2. The number of halogens is 1. The van der Waals surface area contributed by atoms with Crippen LogP contribution in [0.15, 0.2) is 42.5 Å². The van der Waals surface area contributed by atoms with Crippen molar-refractivity contribution in [3.63, 3.8) is 0 Å². The van der Waals surface area contributed by atoms with Crippen molar-refractivity contribution in [1.82, 2.24) is 4.90 Å². The second kappa shape index (κ2) is 9.43. The second-order valence-corrected chi connectivity index (χ2v) is 7.47. The van der Waals surface area contributed by atoms with Crippen LogP contribution in [0, 0.1) is 5.82 Å². The van der Waals surface area contributed by atoms with E-state index in [-0.39, 0.29) is 19.2 Å². The molecule has 4 rings (SSSR count). The zero-order valence-electron chi connectivity index (χ0n) is 16.4. The molecule has 29 heavy (non-hydrogen) atoms. The number of fused-ring (bicyclic) bond motifs is 1. The van der Waals surface area contributed by atoms with E-state index in [1.54, 1.807) is 0 Å². The van der Waals surface area contributed by atoms with Crippen LogP contribution in [0.1, 0.15) is 12.0 Å². The van der Waals surface area contributed by atoms with E-state index in [4.69, 9.17) is 14.2 Å². The second-order valence-electron chi connectivity index (χ2n) is 7.47. The monoisotopic (exact) mass is 402 g/mol. The summed E-state index contributed by atoms with van der Waals surface area (Å²) in [5.41, 5.74) is 2.03. The van der Waals surface area contributed by atoms with Crippen LogP contribution in [0.2, 0.25) is 0 Å². The largest absolute Gasteiger partial charge is 0.454 e. The molecule has 0 aromatic heterocycles. The molecule has 6 nitrogen and oxygen atoms in total. The summed E-state index contributed by atoms with van der Waals surface area (Å²) in [5, 5.41) is 10.4. The normalized spacial score (nSPS) is 17.9. The van der Waals surface area contributed by atoms with Gasteiger partial charge in [-0.25, -0.2) is 4.39 Å². The van der Waals surface area contributed by atoms with Gasteiger partial charge in [0.2, 0.25) is 6.79 Å². The smallest absolute Gasteiger partial charge is 0.231 e. The molecular formula is C22H27FN2O4. The number of benzene rings is 2. The molecule has 1 unspecified atom stereocenters. The van der Waals surface area contributed by atoms with Crippen molar-refractivity contribution in [2.24, 2.45) is 0 Å². The summed E-state index contributed by atoms with van der Waals surface area (Å²) in [6.45, 7) is 5.12. The number of β-amino-alcohol motifs (C(OH)–C–C–N with tert-alkyl or cyclic N) is 1. The molecule has 0 bridgehead atoms. The average molecular weight is 402 g/mol. The predicted octanol–water partition coefficient (Wildman–Crippen LogP) is 2.64. The maximum Gasteiger partial charge on any atom is 0.231 e. The van der Waals surface area contributed by atoms with Gasteiger partial charge in [0.25, 0.3) is 0 Å². The molecule has 2 heterocycles. The Balaban J connectivity index is 1.19. The fraction of sp³-hybridized carbons (Fsp3) is 0.455. The average Bonchev–Trinajstić information content (AvgIpc) is 3.07. The summed E-state index contributed by atoms with van der Waals surface area (Å²) in [4.78, 5) is 4.53. The Kier molecular flexibility index (Phi) is 6.49. The topological polar surface area (TPSA) is 54.4 Å². The van der Waals surface area contributed by atoms with Crippen LogP contribution in [-0.4, -0.2) is 62.2 Å². The van der Waals surface area contributed by atoms with Crippen molar-refractivity contribution in [3.05, 3.63) is 53.8 Å². The molecular weight excluding hydrogens is 375 g/mol. The number of rotatable bonds is 7. The zero-order chi connectivity index (χ0) is 20.1. The van der Waals surface area contributed by atoms with E-state index in [1.807, 2.05) is 30.3 Å². The quantitative estimate of drug-likeness (QED) is 0.769. The molecule has 2 aliphatic heterocycles. The van der Waals surface area contributed by atoms with E-state index in [1.165, 1.54) is 12.1 Å². The summed E-state index contributed by atoms with van der Waals surface area (Å²) in [6, 6.07) is 12.4. The van der Waals surface area contributed by atoms with Crippen LogP contribution in [0.3, 0.4) is 0 Å². The van der Waals surface area contributed by atoms with Crippen LogP contribution in [0.4, 0.5) is 10.1 Å². The van der Waals surface area contributed by atoms with Gasteiger partial charge in [0.05, 0.1) is 19.3 Å². The van der Waals surface area contributed by atoms with Crippen molar-refractivity contribution >= 4 is 5.69 Å².